The van der Waals surface area contributed by atoms with Crippen molar-refractivity contribution >= 4 is 23.4 Å². The van der Waals surface area contributed by atoms with Gasteiger partial charge >= 0.3 is 0 Å². The van der Waals surface area contributed by atoms with Crippen LogP contribution >= 0.6 is 11.8 Å². The number of anilines is 1. The Labute approximate surface area is 186 Å². The molecule has 4 rings (SSSR count). The van der Waals surface area contributed by atoms with Gasteiger partial charge in [0.2, 0.25) is 0 Å². The number of nitrogens with zero attached hydrogens (tertiary/aromatic N) is 2. The normalized spacial score (nSPS) is 13.8. The van der Waals surface area contributed by atoms with E-state index in [1.807, 2.05) is 58.3 Å². The van der Waals surface area contributed by atoms with Crippen molar-refractivity contribution < 1.29 is 13.9 Å². The van der Waals surface area contributed by atoms with E-state index in [9.17, 15) is 9.18 Å². The molecule has 1 aliphatic heterocycles. The first-order valence-corrected chi connectivity index (χ1v) is 11.4. The molecule has 0 radical (unpaired) electrons. The van der Waals surface area contributed by atoms with Gasteiger partial charge in [0.1, 0.15) is 11.6 Å². The van der Waals surface area contributed by atoms with Gasteiger partial charge in [0.05, 0.1) is 12.3 Å². The van der Waals surface area contributed by atoms with Crippen LogP contribution in [0.15, 0.2) is 83.8 Å². The van der Waals surface area contributed by atoms with Crippen LogP contribution in [-0.2, 0) is 0 Å². The van der Waals surface area contributed by atoms with Gasteiger partial charge in [-0.3, -0.25) is 4.79 Å². The van der Waals surface area contributed by atoms with Gasteiger partial charge in [-0.2, -0.15) is 0 Å². The van der Waals surface area contributed by atoms with Gasteiger partial charge < -0.3 is 14.5 Å². The molecule has 160 valence electrons. The lowest BCUT2D eigenvalue weighted by atomic mass is 10.1. The maximum atomic E-state index is 14.0. The van der Waals surface area contributed by atoms with Crippen LogP contribution in [0.2, 0.25) is 0 Å². The molecule has 0 atom stereocenters. The van der Waals surface area contributed by atoms with Crippen molar-refractivity contribution in [2.75, 3.05) is 43.4 Å². The summed E-state index contributed by atoms with van der Waals surface area (Å²) < 4.78 is 19.8. The lowest BCUT2D eigenvalue weighted by Crippen LogP contribution is -2.49. The Hall–Kier alpha value is -2.99. The van der Waals surface area contributed by atoms with Crippen molar-refractivity contribution in [3.05, 3.63) is 90.2 Å². The predicted octanol–water partition coefficient (Wildman–Crippen LogP) is 4.96. The standard InChI is InChI=1S/C25H25FN2O2S/c26-23-8-4-5-9-24(23)27-14-16-28(17-15-27)25(29)20-10-12-21(13-11-20)30-18-19-31-22-6-2-1-3-7-22/h1-13H,14-19H2. The first kappa shape index (κ1) is 21.2. The number of carbonyl (C=O) groups excluding carboxylic acids is 1. The SMILES string of the molecule is O=C(c1ccc(OCCSc2ccccc2)cc1)N1CCN(c2ccccc2F)CC1. The summed E-state index contributed by atoms with van der Waals surface area (Å²) >= 11 is 1.75. The van der Waals surface area contributed by atoms with Crippen molar-refractivity contribution in [1.82, 2.24) is 4.90 Å². The summed E-state index contributed by atoms with van der Waals surface area (Å²) in [6, 6.07) is 24.3. The molecule has 0 aliphatic carbocycles. The fourth-order valence-corrected chi connectivity index (χ4v) is 4.32. The lowest BCUT2D eigenvalue weighted by Gasteiger charge is -2.36. The van der Waals surface area contributed by atoms with Crippen LogP contribution in [0.5, 0.6) is 5.75 Å². The highest BCUT2D eigenvalue weighted by Crippen LogP contribution is 2.22. The zero-order chi connectivity index (χ0) is 21.5. The van der Waals surface area contributed by atoms with Crippen LogP contribution < -0.4 is 9.64 Å². The smallest absolute Gasteiger partial charge is 0.253 e. The third kappa shape index (κ3) is 5.58. The van der Waals surface area contributed by atoms with Crippen LogP contribution in [-0.4, -0.2) is 49.3 Å². The third-order valence-corrected chi connectivity index (χ3v) is 6.20. The van der Waals surface area contributed by atoms with Crippen LogP contribution in [0.3, 0.4) is 0 Å². The number of benzene rings is 3. The fraction of sp³-hybridized carbons (Fsp3) is 0.240. The van der Waals surface area contributed by atoms with Crippen LogP contribution in [0, 0.1) is 5.82 Å². The van der Waals surface area contributed by atoms with Crippen molar-refractivity contribution in [2.45, 2.75) is 4.90 Å². The summed E-state index contributed by atoms with van der Waals surface area (Å²) in [5.41, 5.74) is 1.24. The summed E-state index contributed by atoms with van der Waals surface area (Å²) in [6.07, 6.45) is 0. The van der Waals surface area contributed by atoms with Crippen molar-refractivity contribution in [3.63, 3.8) is 0 Å². The minimum absolute atomic E-state index is 0.000586. The number of hydrogen-bond acceptors (Lipinski definition) is 4. The molecule has 1 aliphatic rings. The topological polar surface area (TPSA) is 32.8 Å². The van der Waals surface area contributed by atoms with E-state index in [0.717, 1.165) is 11.5 Å². The molecule has 0 bridgehead atoms. The Morgan fingerprint density at radius 3 is 2.26 bits per heavy atom. The molecule has 0 spiro atoms. The van der Waals surface area contributed by atoms with Crippen LogP contribution in [0.1, 0.15) is 10.4 Å². The number of amides is 1. The van der Waals surface area contributed by atoms with Gasteiger partial charge in [-0.25, -0.2) is 4.39 Å². The molecule has 1 heterocycles. The minimum atomic E-state index is -0.222. The molecular formula is C25H25FN2O2S. The Bertz CT molecular complexity index is 990. The number of carbonyl (C=O) groups is 1. The molecule has 0 aromatic heterocycles. The highest BCUT2D eigenvalue weighted by Gasteiger charge is 2.23. The molecule has 1 saturated heterocycles. The molecule has 0 saturated carbocycles. The lowest BCUT2D eigenvalue weighted by molar-refractivity contribution is 0.0746. The fourth-order valence-electron chi connectivity index (χ4n) is 3.57. The third-order valence-electron chi connectivity index (χ3n) is 5.23. The van der Waals surface area contributed by atoms with Crippen molar-refractivity contribution in [2.24, 2.45) is 0 Å². The Morgan fingerprint density at radius 2 is 1.55 bits per heavy atom. The second-order valence-corrected chi connectivity index (χ2v) is 8.43. The summed E-state index contributed by atoms with van der Waals surface area (Å²) in [5.74, 6) is 1.39. The quantitative estimate of drug-likeness (QED) is 0.387. The molecule has 3 aromatic carbocycles. The summed E-state index contributed by atoms with van der Waals surface area (Å²) in [5, 5.41) is 0. The van der Waals surface area contributed by atoms with E-state index in [0.29, 0.717) is 44.0 Å². The first-order chi connectivity index (χ1) is 15.2. The average Bonchev–Trinajstić information content (AvgIpc) is 2.83. The maximum Gasteiger partial charge on any atom is 0.253 e. The molecule has 6 heteroatoms. The van der Waals surface area contributed by atoms with E-state index in [4.69, 9.17) is 4.74 Å². The van der Waals surface area contributed by atoms with Gasteiger partial charge in [-0.05, 0) is 48.5 Å². The second-order valence-electron chi connectivity index (χ2n) is 7.27. The molecule has 3 aromatic rings. The van der Waals surface area contributed by atoms with Crippen LogP contribution in [0.25, 0.3) is 0 Å². The summed E-state index contributed by atoms with van der Waals surface area (Å²) in [6.45, 7) is 2.98. The van der Waals surface area contributed by atoms with Gasteiger partial charge in [0, 0.05) is 42.4 Å². The molecule has 31 heavy (non-hydrogen) atoms. The molecule has 4 nitrogen and oxygen atoms in total. The highest BCUT2D eigenvalue weighted by atomic mass is 32.2. The second kappa shape index (κ2) is 10.4. The molecular weight excluding hydrogens is 411 g/mol. The van der Waals surface area contributed by atoms with Gasteiger partial charge in [0.25, 0.3) is 5.91 Å². The molecule has 0 unspecified atom stereocenters. The first-order valence-electron chi connectivity index (χ1n) is 10.4. The van der Waals surface area contributed by atoms with E-state index in [1.165, 1.54) is 11.0 Å². The molecule has 1 fully saturated rings. The monoisotopic (exact) mass is 436 g/mol. The summed E-state index contributed by atoms with van der Waals surface area (Å²) in [4.78, 5) is 17.9. The van der Waals surface area contributed by atoms with E-state index >= 15 is 0 Å². The van der Waals surface area contributed by atoms with Crippen molar-refractivity contribution in [3.8, 4) is 5.75 Å². The van der Waals surface area contributed by atoms with Crippen molar-refractivity contribution in [1.29, 1.82) is 0 Å². The molecule has 0 N–H and O–H groups in total. The van der Waals surface area contributed by atoms with E-state index < -0.39 is 0 Å². The van der Waals surface area contributed by atoms with Gasteiger partial charge in [0.15, 0.2) is 0 Å². The van der Waals surface area contributed by atoms with Gasteiger partial charge in [-0.1, -0.05) is 30.3 Å². The number of piperazine rings is 1. The minimum Gasteiger partial charge on any atom is -0.493 e. The zero-order valence-electron chi connectivity index (χ0n) is 17.2. The Kier molecular flexibility index (Phi) is 7.10. The number of hydrogen-bond donors (Lipinski definition) is 0. The van der Waals surface area contributed by atoms with Gasteiger partial charge in [-0.15, -0.1) is 11.8 Å². The largest absolute Gasteiger partial charge is 0.493 e. The highest BCUT2D eigenvalue weighted by molar-refractivity contribution is 7.99. The van der Waals surface area contributed by atoms with E-state index in [1.54, 1.807) is 23.9 Å². The van der Waals surface area contributed by atoms with Crippen LogP contribution in [0.4, 0.5) is 10.1 Å². The number of rotatable bonds is 7. The Balaban J connectivity index is 1.24. The zero-order valence-corrected chi connectivity index (χ0v) is 18.1. The Morgan fingerprint density at radius 1 is 0.871 bits per heavy atom. The number of ether oxygens (including phenoxy) is 1. The predicted molar refractivity (Wildman–Crippen MR) is 124 cm³/mol. The number of thioether (sulfide) groups is 1. The molecule has 1 amide bonds. The van der Waals surface area contributed by atoms with E-state index in [-0.39, 0.29) is 11.7 Å². The summed E-state index contributed by atoms with van der Waals surface area (Å²) in [7, 11) is 0. The maximum absolute atomic E-state index is 14.0. The average molecular weight is 437 g/mol. The number of halogens is 1. The number of para-hydroxylation sites is 1. The van der Waals surface area contributed by atoms with E-state index in [2.05, 4.69) is 12.1 Å².